The van der Waals surface area contributed by atoms with Crippen LogP contribution in [0, 0.1) is 0 Å². The minimum Gasteiger partial charge on any atom is -0.384 e. The number of pyridine rings is 1. The highest BCUT2D eigenvalue weighted by Crippen LogP contribution is 2.22. The lowest BCUT2D eigenvalue weighted by atomic mass is 9.99. The van der Waals surface area contributed by atoms with Crippen LogP contribution in [0.1, 0.15) is 23.0 Å². The fourth-order valence-corrected chi connectivity index (χ4v) is 2.90. The standard InChI is InChI=1S/C15H15N3O2S/c1-15(20,11-5-7-21-9-11)10-17-14(19)12-8-16-13-4-2-3-6-18(12)13/h2-9,20H,10H2,1H3,(H,17,19). The normalized spacial score (nSPS) is 14.0. The minimum absolute atomic E-state index is 0.142. The lowest BCUT2D eigenvalue weighted by Crippen LogP contribution is -2.38. The van der Waals surface area contributed by atoms with Crippen LogP contribution in [0.25, 0.3) is 5.65 Å². The van der Waals surface area contributed by atoms with Gasteiger partial charge >= 0.3 is 0 Å². The van der Waals surface area contributed by atoms with E-state index in [1.807, 2.05) is 35.0 Å². The smallest absolute Gasteiger partial charge is 0.270 e. The SMILES string of the molecule is CC(O)(CNC(=O)c1cnc2ccccn12)c1ccsc1. The topological polar surface area (TPSA) is 66.6 Å². The summed E-state index contributed by atoms with van der Waals surface area (Å²) in [5.41, 5.74) is 0.876. The Hall–Kier alpha value is -2.18. The van der Waals surface area contributed by atoms with E-state index in [4.69, 9.17) is 0 Å². The number of nitrogens with one attached hydrogen (secondary N) is 1. The highest BCUT2D eigenvalue weighted by Gasteiger charge is 2.25. The number of fused-ring (bicyclic) bond motifs is 1. The number of carbonyl (C=O) groups excluding carboxylic acids is 1. The number of hydrogen-bond donors (Lipinski definition) is 2. The molecule has 21 heavy (non-hydrogen) atoms. The third kappa shape index (κ3) is 2.68. The maximum Gasteiger partial charge on any atom is 0.270 e. The van der Waals surface area contributed by atoms with Gasteiger partial charge in [0.15, 0.2) is 0 Å². The predicted molar refractivity (Wildman–Crippen MR) is 81.4 cm³/mol. The summed E-state index contributed by atoms with van der Waals surface area (Å²) in [6, 6.07) is 7.39. The molecule has 0 aliphatic rings. The van der Waals surface area contributed by atoms with E-state index in [0.717, 1.165) is 5.56 Å². The molecular formula is C15H15N3O2S. The van der Waals surface area contributed by atoms with E-state index in [1.165, 1.54) is 17.5 Å². The van der Waals surface area contributed by atoms with Gasteiger partial charge < -0.3 is 10.4 Å². The molecule has 0 bridgehead atoms. The highest BCUT2D eigenvalue weighted by atomic mass is 32.1. The van der Waals surface area contributed by atoms with Crippen LogP contribution < -0.4 is 5.32 Å². The Kier molecular flexibility index (Phi) is 3.48. The van der Waals surface area contributed by atoms with Crippen molar-refractivity contribution in [2.45, 2.75) is 12.5 Å². The highest BCUT2D eigenvalue weighted by molar-refractivity contribution is 7.08. The zero-order chi connectivity index (χ0) is 14.9. The molecule has 5 nitrogen and oxygen atoms in total. The summed E-state index contributed by atoms with van der Waals surface area (Å²) in [5, 5.41) is 16.9. The number of amides is 1. The maximum absolute atomic E-state index is 12.3. The number of thiophene rings is 1. The third-order valence-corrected chi connectivity index (χ3v) is 4.07. The van der Waals surface area contributed by atoms with Crippen molar-refractivity contribution in [2.75, 3.05) is 6.54 Å². The molecule has 0 spiro atoms. The summed E-state index contributed by atoms with van der Waals surface area (Å²) < 4.78 is 1.72. The molecule has 3 aromatic heterocycles. The Labute approximate surface area is 125 Å². The first kappa shape index (κ1) is 13.8. The van der Waals surface area contributed by atoms with Gasteiger partial charge in [-0.05, 0) is 41.4 Å². The maximum atomic E-state index is 12.3. The van der Waals surface area contributed by atoms with Crippen molar-refractivity contribution in [3.8, 4) is 0 Å². The van der Waals surface area contributed by atoms with Gasteiger partial charge in [0.25, 0.3) is 5.91 Å². The molecule has 3 aromatic rings. The second-order valence-electron chi connectivity index (χ2n) is 5.04. The Morgan fingerprint density at radius 1 is 1.48 bits per heavy atom. The van der Waals surface area contributed by atoms with Crippen molar-refractivity contribution in [1.29, 1.82) is 0 Å². The summed E-state index contributed by atoms with van der Waals surface area (Å²) in [4.78, 5) is 16.4. The van der Waals surface area contributed by atoms with Crippen LogP contribution in [0.3, 0.4) is 0 Å². The summed E-state index contributed by atoms with van der Waals surface area (Å²) >= 11 is 1.51. The van der Waals surface area contributed by atoms with Crippen LogP contribution in [-0.2, 0) is 5.60 Å². The first-order valence-corrected chi connectivity index (χ1v) is 7.47. The molecule has 1 amide bonds. The molecule has 6 heteroatoms. The Morgan fingerprint density at radius 3 is 3.10 bits per heavy atom. The number of nitrogens with zero attached hydrogens (tertiary/aromatic N) is 2. The van der Waals surface area contributed by atoms with Crippen LogP contribution in [0.5, 0.6) is 0 Å². The zero-order valence-corrected chi connectivity index (χ0v) is 12.3. The van der Waals surface area contributed by atoms with Crippen LogP contribution in [0.4, 0.5) is 0 Å². The Bertz CT molecular complexity index is 762. The quantitative estimate of drug-likeness (QED) is 0.775. The van der Waals surface area contributed by atoms with Crippen molar-refractivity contribution in [3.63, 3.8) is 0 Å². The second kappa shape index (κ2) is 5.31. The van der Waals surface area contributed by atoms with Gasteiger partial charge in [-0.2, -0.15) is 11.3 Å². The number of hydrogen-bond acceptors (Lipinski definition) is 4. The molecule has 0 fully saturated rings. The van der Waals surface area contributed by atoms with Gasteiger partial charge in [0, 0.05) is 6.20 Å². The van der Waals surface area contributed by atoms with Gasteiger partial charge in [0.1, 0.15) is 16.9 Å². The fourth-order valence-electron chi connectivity index (χ4n) is 2.12. The van der Waals surface area contributed by atoms with Crippen LogP contribution >= 0.6 is 11.3 Å². The van der Waals surface area contributed by atoms with Crippen LogP contribution in [-0.4, -0.2) is 26.9 Å². The molecule has 0 aliphatic heterocycles. The number of aliphatic hydroxyl groups is 1. The molecule has 0 aliphatic carbocycles. The Morgan fingerprint density at radius 2 is 2.33 bits per heavy atom. The molecule has 0 radical (unpaired) electrons. The van der Waals surface area contributed by atoms with Crippen molar-refractivity contribution in [2.24, 2.45) is 0 Å². The average molecular weight is 301 g/mol. The number of rotatable bonds is 4. The van der Waals surface area contributed by atoms with Crippen molar-refractivity contribution in [1.82, 2.24) is 14.7 Å². The monoisotopic (exact) mass is 301 g/mol. The predicted octanol–water partition coefficient (Wildman–Crippen LogP) is 2.03. The van der Waals surface area contributed by atoms with E-state index in [0.29, 0.717) is 11.3 Å². The van der Waals surface area contributed by atoms with Crippen molar-refractivity contribution >= 4 is 22.9 Å². The zero-order valence-electron chi connectivity index (χ0n) is 11.5. The molecule has 0 saturated carbocycles. The molecular weight excluding hydrogens is 286 g/mol. The summed E-state index contributed by atoms with van der Waals surface area (Å²) in [6.07, 6.45) is 3.32. The van der Waals surface area contributed by atoms with E-state index in [2.05, 4.69) is 10.3 Å². The molecule has 108 valence electrons. The van der Waals surface area contributed by atoms with Gasteiger partial charge in [-0.3, -0.25) is 9.20 Å². The van der Waals surface area contributed by atoms with E-state index >= 15 is 0 Å². The first-order chi connectivity index (χ1) is 10.1. The van der Waals surface area contributed by atoms with Crippen LogP contribution in [0.15, 0.2) is 47.4 Å². The molecule has 0 saturated heterocycles. The number of aromatic nitrogens is 2. The van der Waals surface area contributed by atoms with E-state index in [-0.39, 0.29) is 12.5 Å². The molecule has 1 atom stereocenters. The van der Waals surface area contributed by atoms with Gasteiger partial charge in [0.2, 0.25) is 0 Å². The van der Waals surface area contributed by atoms with Gasteiger partial charge in [-0.1, -0.05) is 6.07 Å². The summed E-state index contributed by atoms with van der Waals surface area (Å²) in [6.45, 7) is 1.83. The van der Waals surface area contributed by atoms with E-state index in [1.54, 1.807) is 17.5 Å². The summed E-state index contributed by atoms with van der Waals surface area (Å²) in [7, 11) is 0. The third-order valence-electron chi connectivity index (χ3n) is 3.39. The molecule has 3 rings (SSSR count). The largest absolute Gasteiger partial charge is 0.384 e. The van der Waals surface area contributed by atoms with Crippen LogP contribution in [0.2, 0.25) is 0 Å². The van der Waals surface area contributed by atoms with Gasteiger partial charge in [-0.25, -0.2) is 4.98 Å². The average Bonchev–Trinajstić information content (AvgIpc) is 3.14. The lowest BCUT2D eigenvalue weighted by Gasteiger charge is -2.22. The van der Waals surface area contributed by atoms with Crippen molar-refractivity contribution < 1.29 is 9.90 Å². The van der Waals surface area contributed by atoms with Gasteiger partial charge in [-0.15, -0.1) is 0 Å². The molecule has 0 aromatic carbocycles. The number of carbonyl (C=O) groups is 1. The van der Waals surface area contributed by atoms with Crippen molar-refractivity contribution in [3.05, 3.63) is 58.7 Å². The lowest BCUT2D eigenvalue weighted by molar-refractivity contribution is 0.0528. The van der Waals surface area contributed by atoms with Gasteiger partial charge in [0.05, 0.1) is 12.7 Å². The summed E-state index contributed by atoms with van der Waals surface area (Å²) in [5.74, 6) is -0.260. The van der Waals surface area contributed by atoms with E-state index < -0.39 is 5.60 Å². The number of imidazole rings is 1. The minimum atomic E-state index is -1.09. The molecule has 1 unspecified atom stereocenters. The molecule has 3 heterocycles. The Balaban J connectivity index is 1.75. The van der Waals surface area contributed by atoms with E-state index in [9.17, 15) is 9.90 Å². The second-order valence-corrected chi connectivity index (χ2v) is 5.82. The molecule has 2 N–H and O–H groups in total. The first-order valence-electron chi connectivity index (χ1n) is 6.53. The fraction of sp³-hybridized carbons (Fsp3) is 0.200.